The van der Waals surface area contributed by atoms with Crippen molar-refractivity contribution in [3.05, 3.63) is 51.5 Å². The van der Waals surface area contributed by atoms with Gasteiger partial charge in [-0.05, 0) is 25.3 Å². The predicted octanol–water partition coefficient (Wildman–Crippen LogP) is 3.05. The molecule has 2 aromatic rings. The van der Waals surface area contributed by atoms with E-state index in [0.717, 1.165) is 31.2 Å². The normalized spacial score (nSPS) is 14.5. The van der Waals surface area contributed by atoms with Gasteiger partial charge in [0.15, 0.2) is 5.01 Å². The largest absolute Gasteiger partial charge is 0.347 e. The smallest absolute Gasteiger partial charge is 0.280 e. The van der Waals surface area contributed by atoms with Crippen LogP contribution >= 0.6 is 11.3 Å². The van der Waals surface area contributed by atoms with E-state index >= 15 is 0 Å². The zero-order valence-corrected chi connectivity index (χ0v) is 14.5. The van der Waals surface area contributed by atoms with Crippen molar-refractivity contribution in [1.29, 1.82) is 0 Å². The minimum Gasteiger partial charge on any atom is -0.347 e. The Morgan fingerprint density at radius 2 is 1.88 bits per heavy atom. The summed E-state index contributed by atoms with van der Waals surface area (Å²) >= 11 is 1.21. The van der Waals surface area contributed by atoms with Crippen LogP contribution in [0.1, 0.15) is 57.1 Å². The van der Waals surface area contributed by atoms with Gasteiger partial charge in [-0.2, -0.15) is 0 Å². The number of carbonyl (C=O) groups excluding carboxylic acids is 2. The van der Waals surface area contributed by atoms with E-state index < -0.39 is 0 Å². The minimum atomic E-state index is -0.258. The van der Waals surface area contributed by atoms with Gasteiger partial charge in [0.05, 0.1) is 0 Å². The molecule has 0 saturated heterocycles. The fourth-order valence-corrected chi connectivity index (χ4v) is 3.48. The molecule has 0 atom stereocenters. The maximum atomic E-state index is 12.2. The molecule has 0 unspecified atom stereocenters. The van der Waals surface area contributed by atoms with Crippen LogP contribution in [0.5, 0.6) is 0 Å². The summed E-state index contributed by atoms with van der Waals surface area (Å²) < 4.78 is 0. The lowest BCUT2D eigenvalue weighted by Gasteiger charge is -2.09. The lowest BCUT2D eigenvalue weighted by molar-refractivity contribution is 0.0937. The van der Waals surface area contributed by atoms with Crippen LogP contribution in [0.25, 0.3) is 0 Å². The summed E-state index contributed by atoms with van der Waals surface area (Å²) in [5, 5.41) is 7.80. The molecule has 5 nitrogen and oxygen atoms in total. The highest BCUT2D eigenvalue weighted by molar-refractivity contribution is 7.11. The highest BCUT2D eigenvalue weighted by Gasteiger charge is 2.21. The molecule has 6 heteroatoms. The van der Waals surface area contributed by atoms with Crippen molar-refractivity contribution in [2.75, 3.05) is 0 Å². The third kappa shape index (κ3) is 4.20. The van der Waals surface area contributed by atoms with Crippen molar-refractivity contribution < 1.29 is 9.59 Å². The summed E-state index contributed by atoms with van der Waals surface area (Å²) in [5.74, 6) is -0.434. The second kappa shape index (κ2) is 7.57. The maximum Gasteiger partial charge on any atom is 0.280 e. The molecular weight excluding hydrogens is 322 g/mol. The molecule has 0 bridgehead atoms. The van der Waals surface area contributed by atoms with Crippen molar-refractivity contribution in [3.8, 4) is 0 Å². The van der Waals surface area contributed by atoms with Gasteiger partial charge in [0.1, 0.15) is 5.69 Å². The van der Waals surface area contributed by atoms with E-state index in [0.29, 0.717) is 17.2 Å². The van der Waals surface area contributed by atoms with E-state index in [1.54, 1.807) is 5.38 Å². The molecular formula is C18H21N3O2S. The lowest BCUT2D eigenvalue weighted by atomic mass is 10.1. The number of aromatic nitrogens is 1. The number of nitrogens with one attached hydrogen (secondary N) is 2. The highest BCUT2D eigenvalue weighted by Crippen LogP contribution is 2.19. The fraction of sp³-hybridized carbons (Fsp3) is 0.389. The summed E-state index contributed by atoms with van der Waals surface area (Å²) in [5.41, 5.74) is 2.51. The molecule has 24 heavy (non-hydrogen) atoms. The molecule has 1 aliphatic rings. The van der Waals surface area contributed by atoms with Gasteiger partial charge in [0, 0.05) is 18.0 Å². The average molecular weight is 343 g/mol. The zero-order chi connectivity index (χ0) is 16.9. The van der Waals surface area contributed by atoms with Crippen LogP contribution < -0.4 is 10.6 Å². The van der Waals surface area contributed by atoms with Gasteiger partial charge in [0.2, 0.25) is 0 Å². The summed E-state index contributed by atoms with van der Waals surface area (Å²) in [7, 11) is 0. The van der Waals surface area contributed by atoms with Crippen molar-refractivity contribution in [2.24, 2.45) is 0 Å². The van der Waals surface area contributed by atoms with Gasteiger partial charge >= 0.3 is 0 Å². The number of benzene rings is 1. The van der Waals surface area contributed by atoms with E-state index in [-0.39, 0.29) is 17.9 Å². The fourth-order valence-electron chi connectivity index (χ4n) is 2.78. The Morgan fingerprint density at radius 1 is 1.17 bits per heavy atom. The Balaban J connectivity index is 1.54. The molecule has 1 aromatic heterocycles. The van der Waals surface area contributed by atoms with Gasteiger partial charge in [-0.15, -0.1) is 11.3 Å². The van der Waals surface area contributed by atoms with Crippen molar-refractivity contribution in [1.82, 2.24) is 15.6 Å². The molecule has 1 aliphatic carbocycles. The number of carbonyl (C=O) groups is 2. The standard InChI is InChI=1S/C18H21N3O2S/c1-12-6-8-13(9-7-12)10-19-16(22)15-11-24-18(21-15)17(23)20-14-4-2-3-5-14/h6-9,11,14H,2-5,10H2,1H3,(H,19,22)(H,20,23). The second-order valence-electron chi connectivity index (χ2n) is 6.16. The Kier molecular flexibility index (Phi) is 5.25. The van der Waals surface area contributed by atoms with Crippen LogP contribution in [0.15, 0.2) is 29.6 Å². The highest BCUT2D eigenvalue weighted by atomic mass is 32.1. The van der Waals surface area contributed by atoms with Gasteiger partial charge in [-0.25, -0.2) is 4.98 Å². The third-order valence-electron chi connectivity index (χ3n) is 4.20. The molecule has 0 aliphatic heterocycles. The first-order valence-corrected chi connectivity index (χ1v) is 9.10. The Hall–Kier alpha value is -2.21. The molecule has 1 fully saturated rings. The first kappa shape index (κ1) is 16.6. The Morgan fingerprint density at radius 3 is 2.58 bits per heavy atom. The molecule has 1 aromatic carbocycles. The number of thiazole rings is 1. The molecule has 3 rings (SSSR count). The number of nitrogens with zero attached hydrogens (tertiary/aromatic N) is 1. The van der Waals surface area contributed by atoms with Gasteiger partial charge < -0.3 is 10.6 Å². The summed E-state index contributed by atoms with van der Waals surface area (Å²) in [4.78, 5) is 28.5. The van der Waals surface area contributed by atoms with Crippen LogP contribution in [-0.2, 0) is 6.54 Å². The Labute approximate surface area is 145 Å². The molecule has 1 heterocycles. The topological polar surface area (TPSA) is 71.1 Å². The van der Waals surface area contributed by atoms with Crippen molar-refractivity contribution in [3.63, 3.8) is 0 Å². The van der Waals surface area contributed by atoms with Gasteiger partial charge in [0.25, 0.3) is 11.8 Å². The van der Waals surface area contributed by atoms with Crippen molar-refractivity contribution in [2.45, 2.75) is 45.2 Å². The van der Waals surface area contributed by atoms with E-state index in [1.807, 2.05) is 31.2 Å². The van der Waals surface area contributed by atoms with Crippen LogP contribution in [0.4, 0.5) is 0 Å². The molecule has 0 radical (unpaired) electrons. The third-order valence-corrected chi connectivity index (χ3v) is 5.04. The summed E-state index contributed by atoms with van der Waals surface area (Å²) in [6.07, 6.45) is 4.38. The van der Waals surface area contributed by atoms with Crippen LogP contribution in [0.3, 0.4) is 0 Å². The quantitative estimate of drug-likeness (QED) is 0.876. The second-order valence-corrected chi connectivity index (χ2v) is 7.02. The maximum absolute atomic E-state index is 12.2. The SMILES string of the molecule is Cc1ccc(CNC(=O)c2csc(C(=O)NC3CCCC3)n2)cc1. The number of hydrogen-bond donors (Lipinski definition) is 2. The zero-order valence-electron chi connectivity index (χ0n) is 13.7. The molecule has 0 spiro atoms. The van der Waals surface area contributed by atoms with Gasteiger partial charge in [-0.3, -0.25) is 9.59 Å². The molecule has 2 N–H and O–H groups in total. The first-order valence-electron chi connectivity index (χ1n) is 8.22. The monoisotopic (exact) mass is 343 g/mol. The average Bonchev–Trinajstić information content (AvgIpc) is 3.25. The first-order chi connectivity index (χ1) is 11.6. The molecule has 2 amide bonds. The number of hydrogen-bond acceptors (Lipinski definition) is 4. The summed E-state index contributed by atoms with van der Waals surface area (Å²) in [6, 6.07) is 8.24. The molecule has 1 saturated carbocycles. The number of amides is 2. The predicted molar refractivity (Wildman–Crippen MR) is 94.2 cm³/mol. The number of aryl methyl sites for hydroxylation is 1. The van der Waals surface area contributed by atoms with E-state index in [9.17, 15) is 9.59 Å². The van der Waals surface area contributed by atoms with Crippen LogP contribution in [-0.4, -0.2) is 22.8 Å². The van der Waals surface area contributed by atoms with E-state index in [2.05, 4.69) is 15.6 Å². The van der Waals surface area contributed by atoms with Crippen LogP contribution in [0.2, 0.25) is 0 Å². The molecule has 126 valence electrons. The summed E-state index contributed by atoms with van der Waals surface area (Å²) in [6.45, 7) is 2.47. The lowest BCUT2D eigenvalue weighted by Crippen LogP contribution is -2.32. The van der Waals surface area contributed by atoms with Crippen LogP contribution in [0, 0.1) is 6.92 Å². The minimum absolute atomic E-state index is 0.176. The van der Waals surface area contributed by atoms with Crippen molar-refractivity contribution >= 4 is 23.2 Å². The Bertz CT molecular complexity index is 718. The van der Waals surface area contributed by atoms with Gasteiger partial charge in [-0.1, -0.05) is 42.7 Å². The van der Waals surface area contributed by atoms with E-state index in [4.69, 9.17) is 0 Å². The number of rotatable bonds is 5. The van der Waals surface area contributed by atoms with E-state index in [1.165, 1.54) is 16.9 Å².